The highest BCUT2D eigenvalue weighted by atomic mass is 35.5. The van der Waals surface area contributed by atoms with E-state index in [1.807, 2.05) is 0 Å². The number of thiophene rings is 1. The van der Waals surface area contributed by atoms with Crippen LogP contribution in [-0.4, -0.2) is 62.3 Å². The van der Waals surface area contributed by atoms with Gasteiger partial charge in [0, 0.05) is 13.1 Å². The number of amides is 2. The normalized spacial score (nSPS) is 20.9. The molecule has 2 amide bonds. The van der Waals surface area contributed by atoms with Gasteiger partial charge < -0.3 is 15.0 Å². The number of nitrogens with one attached hydrogen (secondary N) is 2. The minimum atomic E-state index is -3.52. The molecule has 2 atom stereocenters. The first-order valence-electron chi connectivity index (χ1n) is 7.85. The summed E-state index contributed by atoms with van der Waals surface area (Å²) in [5.74, 6) is -0.377. The van der Waals surface area contributed by atoms with Crippen LogP contribution in [0.3, 0.4) is 0 Å². The second-order valence-electron chi connectivity index (χ2n) is 7.07. The van der Waals surface area contributed by atoms with Crippen molar-refractivity contribution in [1.82, 2.24) is 14.9 Å². The molecule has 2 N–H and O–H groups in total. The van der Waals surface area contributed by atoms with E-state index in [2.05, 4.69) is 10.0 Å². The Balaban J connectivity index is 2.12. The van der Waals surface area contributed by atoms with E-state index in [0.29, 0.717) is 9.21 Å². The fourth-order valence-corrected chi connectivity index (χ4v) is 4.23. The highest BCUT2D eigenvalue weighted by molar-refractivity contribution is 7.88. The quantitative estimate of drug-likeness (QED) is 0.766. The van der Waals surface area contributed by atoms with Crippen molar-refractivity contribution in [3.63, 3.8) is 0 Å². The zero-order valence-electron chi connectivity index (χ0n) is 14.9. The molecule has 26 heavy (non-hydrogen) atoms. The lowest BCUT2D eigenvalue weighted by molar-refractivity contribution is 0.0287. The van der Waals surface area contributed by atoms with Crippen LogP contribution in [0.1, 0.15) is 30.4 Å². The van der Waals surface area contributed by atoms with Crippen LogP contribution in [0.4, 0.5) is 4.79 Å². The van der Waals surface area contributed by atoms with Crippen molar-refractivity contribution < 1.29 is 22.7 Å². The zero-order chi connectivity index (χ0) is 19.7. The third-order valence-electron chi connectivity index (χ3n) is 3.45. The molecule has 1 aliphatic heterocycles. The number of carbonyl (C=O) groups is 2. The molecule has 1 aromatic heterocycles. The van der Waals surface area contributed by atoms with Crippen molar-refractivity contribution in [2.45, 2.75) is 38.5 Å². The Hall–Kier alpha value is -1.36. The molecule has 0 radical (unpaired) electrons. The second kappa shape index (κ2) is 7.71. The van der Waals surface area contributed by atoms with Gasteiger partial charge in [0.05, 0.1) is 27.6 Å². The molecule has 0 aromatic carbocycles. The van der Waals surface area contributed by atoms with Crippen molar-refractivity contribution in [1.29, 1.82) is 0 Å². The molecule has 0 bridgehead atoms. The summed E-state index contributed by atoms with van der Waals surface area (Å²) in [5, 5.41) is 2.77. The summed E-state index contributed by atoms with van der Waals surface area (Å²) >= 11 is 6.96. The lowest BCUT2D eigenvalue weighted by atomic mass is 10.2. The zero-order valence-corrected chi connectivity index (χ0v) is 17.3. The summed E-state index contributed by atoms with van der Waals surface area (Å²) in [6, 6.07) is 1.94. The largest absolute Gasteiger partial charge is 0.444 e. The molecule has 0 saturated carbocycles. The first-order chi connectivity index (χ1) is 11.8. The number of likely N-dealkylation sites (tertiary alicyclic amines) is 1. The van der Waals surface area contributed by atoms with E-state index in [0.717, 1.165) is 17.6 Å². The Morgan fingerprint density at radius 3 is 2.38 bits per heavy atom. The minimum absolute atomic E-state index is 0.0954. The van der Waals surface area contributed by atoms with E-state index >= 15 is 0 Å². The van der Waals surface area contributed by atoms with Gasteiger partial charge in [-0.05, 0) is 32.9 Å². The SMILES string of the molecule is CC(C)(C)OC(=O)N1CC(NC(=O)c2ccc(Cl)s2)C(NS(C)(=O)=O)C1. The van der Waals surface area contributed by atoms with E-state index in [4.69, 9.17) is 16.3 Å². The Bertz CT molecular complexity index is 787. The van der Waals surface area contributed by atoms with Crippen LogP contribution in [0.25, 0.3) is 0 Å². The van der Waals surface area contributed by atoms with Gasteiger partial charge in [-0.3, -0.25) is 4.79 Å². The molecule has 2 heterocycles. The van der Waals surface area contributed by atoms with Crippen LogP contribution in [-0.2, 0) is 14.8 Å². The molecule has 11 heteroatoms. The average molecular weight is 424 g/mol. The molecule has 2 unspecified atom stereocenters. The fourth-order valence-electron chi connectivity index (χ4n) is 2.50. The molecule has 2 rings (SSSR count). The Morgan fingerprint density at radius 2 is 1.88 bits per heavy atom. The number of hydrogen-bond donors (Lipinski definition) is 2. The topological polar surface area (TPSA) is 105 Å². The minimum Gasteiger partial charge on any atom is -0.444 e. The maximum atomic E-state index is 12.4. The van der Waals surface area contributed by atoms with Crippen molar-refractivity contribution in [2.24, 2.45) is 0 Å². The summed E-state index contributed by atoms with van der Waals surface area (Å²) in [6.45, 7) is 5.46. The molecule has 1 aliphatic rings. The standard InChI is InChI=1S/C15H22ClN3O5S2/c1-15(2,3)24-14(21)19-7-9(10(8-19)18-26(4,22)23)17-13(20)11-5-6-12(16)25-11/h5-6,9-10,18H,7-8H2,1-4H3,(H,17,20). The molecule has 8 nitrogen and oxygen atoms in total. The number of hydrogen-bond acceptors (Lipinski definition) is 6. The van der Waals surface area contributed by atoms with Gasteiger partial charge in [0.25, 0.3) is 5.91 Å². The third kappa shape index (κ3) is 6.11. The number of halogens is 1. The van der Waals surface area contributed by atoms with Crippen LogP contribution in [0.15, 0.2) is 12.1 Å². The van der Waals surface area contributed by atoms with Crippen LogP contribution < -0.4 is 10.0 Å². The number of rotatable bonds is 4. The van der Waals surface area contributed by atoms with Crippen molar-refractivity contribution >= 4 is 45.0 Å². The molecule has 1 fully saturated rings. The van der Waals surface area contributed by atoms with Crippen LogP contribution in [0.5, 0.6) is 0 Å². The summed E-state index contributed by atoms with van der Waals surface area (Å²) < 4.78 is 31.5. The van der Waals surface area contributed by atoms with Crippen LogP contribution in [0, 0.1) is 0 Å². The van der Waals surface area contributed by atoms with Gasteiger partial charge in [0.15, 0.2) is 0 Å². The average Bonchev–Trinajstić information content (AvgIpc) is 3.02. The number of sulfonamides is 1. The number of carbonyl (C=O) groups excluding carboxylic acids is 2. The summed E-state index contributed by atoms with van der Waals surface area (Å²) in [5.41, 5.74) is -0.675. The van der Waals surface area contributed by atoms with Crippen LogP contribution in [0.2, 0.25) is 4.34 Å². The Morgan fingerprint density at radius 1 is 1.27 bits per heavy atom. The monoisotopic (exact) mass is 423 g/mol. The molecule has 146 valence electrons. The maximum absolute atomic E-state index is 12.4. The first-order valence-corrected chi connectivity index (χ1v) is 10.9. The van der Waals surface area contributed by atoms with Crippen molar-refractivity contribution in [2.75, 3.05) is 19.3 Å². The molecule has 1 saturated heterocycles. The second-order valence-corrected chi connectivity index (χ2v) is 10.6. The maximum Gasteiger partial charge on any atom is 0.410 e. The molecular weight excluding hydrogens is 402 g/mol. The van der Waals surface area contributed by atoms with Gasteiger partial charge in [-0.2, -0.15) is 0 Å². The lowest BCUT2D eigenvalue weighted by Gasteiger charge is -2.24. The number of nitrogens with zero attached hydrogens (tertiary/aromatic N) is 1. The molecule has 0 spiro atoms. The molecular formula is C15H22ClN3O5S2. The van der Waals surface area contributed by atoms with E-state index in [9.17, 15) is 18.0 Å². The third-order valence-corrected chi connectivity index (χ3v) is 5.41. The van der Waals surface area contributed by atoms with Gasteiger partial charge in [-0.15, -0.1) is 11.3 Å². The van der Waals surface area contributed by atoms with E-state index in [1.54, 1.807) is 32.9 Å². The Kier molecular flexibility index (Phi) is 6.21. The number of ether oxygens (including phenoxy) is 1. The summed E-state index contributed by atoms with van der Waals surface area (Å²) in [6.07, 6.45) is 0.467. The van der Waals surface area contributed by atoms with Gasteiger partial charge >= 0.3 is 6.09 Å². The molecule has 0 aliphatic carbocycles. The first kappa shape index (κ1) is 20.9. The van der Waals surface area contributed by atoms with Gasteiger partial charge in [0.1, 0.15) is 5.60 Å². The smallest absolute Gasteiger partial charge is 0.410 e. The predicted octanol–water partition coefficient (Wildman–Crippen LogP) is 1.67. The van der Waals surface area contributed by atoms with E-state index < -0.39 is 33.8 Å². The van der Waals surface area contributed by atoms with Gasteiger partial charge in [-0.1, -0.05) is 11.6 Å². The van der Waals surface area contributed by atoms with E-state index in [-0.39, 0.29) is 19.0 Å². The highest BCUT2D eigenvalue weighted by Gasteiger charge is 2.39. The van der Waals surface area contributed by atoms with Crippen molar-refractivity contribution in [3.05, 3.63) is 21.3 Å². The van der Waals surface area contributed by atoms with Crippen molar-refractivity contribution in [3.8, 4) is 0 Å². The summed E-state index contributed by atoms with van der Waals surface area (Å²) in [4.78, 5) is 26.4. The van der Waals surface area contributed by atoms with E-state index in [1.165, 1.54) is 4.90 Å². The van der Waals surface area contributed by atoms with Crippen LogP contribution >= 0.6 is 22.9 Å². The summed E-state index contributed by atoms with van der Waals surface area (Å²) in [7, 11) is -3.52. The molecule has 1 aromatic rings. The lowest BCUT2D eigenvalue weighted by Crippen LogP contribution is -2.50. The predicted molar refractivity (Wildman–Crippen MR) is 100 cm³/mol. The fraction of sp³-hybridized carbons (Fsp3) is 0.600. The highest BCUT2D eigenvalue weighted by Crippen LogP contribution is 2.22. The van der Waals surface area contributed by atoms with Gasteiger partial charge in [0.2, 0.25) is 10.0 Å². The Labute approximate surface area is 161 Å². The van der Waals surface area contributed by atoms with Gasteiger partial charge in [-0.25, -0.2) is 17.9 Å².